The molecule has 5 rings (SSSR count). The molecule has 0 aliphatic heterocycles. The van der Waals surface area contributed by atoms with Crippen molar-refractivity contribution in [3.63, 3.8) is 0 Å². The number of fused-ring (bicyclic) bond motifs is 5. The maximum Gasteiger partial charge on any atom is 0.258 e. The van der Waals surface area contributed by atoms with Crippen molar-refractivity contribution in [2.45, 2.75) is 0 Å². The van der Waals surface area contributed by atoms with E-state index in [4.69, 9.17) is 5.73 Å². The van der Waals surface area contributed by atoms with Crippen LogP contribution >= 0.6 is 0 Å². The van der Waals surface area contributed by atoms with Gasteiger partial charge in [0, 0.05) is 27.5 Å². The number of aromatic nitrogens is 2. The van der Waals surface area contributed by atoms with E-state index in [1.165, 1.54) is 0 Å². The van der Waals surface area contributed by atoms with Crippen LogP contribution in [-0.2, 0) is 0 Å². The predicted octanol–water partition coefficient (Wildman–Crippen LogP) is 4.41. The number of H-pyrrole nitrogens is 2. The zero-order valence-corrected chi connectivity index (χ0v) is 13.3. The molecule has 3 aromatic carbocycles. The van der Waals surface area contributed by atoms with Crippen molar-refractivity contribution < 1.29 is 0 Å². The first-order valence-corrected chi connectivity index (χ1v) is 8.14. The summed E-state index contributed by atoms with van der Waals surface area (Å²) in [6, 6.07) is 21.6. The number of nitrogens with two attached hydrogens (primary N) is 1. The lowest BCUT2D eigenvalue weighted by molar-refractivity contribution is 1.35. The molecule has 0 unspecified atom stereocenters. The van der Waals surface area contributed by atoms with E-state index in [9.17, 15) is 4.79 Å². The summed E-state index contributed by atoms with van der Waals surface area (Å²) in [5.41, 5.74) is 11.4. The molecule has 4 N–H and O–H groups in total. The van der Waals surface area contributed by atoms with Gasteiger partial charge in [0.25, 0.3) is 5.56 Å². The van der Waals surface area contributed by atoms with Crippen LogP contribution in [0, 0.1) is 0 Å². The molecule has 0 saturated carbocycles. The Hall–Kier alpha value is -3.53. The van der Waals surface area contributed by atoms with Gasteiger partial charge >= 0.3 is 0 Å². The summed E-state index contributed by atoms with van der Waals surface area (Å²) < 4.78 is 0. The van der Waals surface area contributed by atoms with E-state index in [1.807, 2.05) is 66.7 Å². The molecule has 0 atom stereocenters. The summed E-state index contributed by atoms with van der Waals surface area (Å²) in [6.07, 6.45) is 0. The first-order valence-electron chi connectivity index (χ1n) is 8.14. The average Bonchev–Trinajstić information content (AvgIpc) is 3.02. The van der Waals surface area contributed by atoms with Crippen LogP contribution in [0.15, 0.2) is 71.5 Å². The molecule has 2 aromatic heterocycles. The summed E-state index contributed by atoms with van der Waals surface area (Å²) in [4.78, 5) is 19.1. The minimum atomic E-state index is -0.0851. The van der Waals surface area contributed by atoms with Crippen molar-refractivity contribution in [1.29, 1.82) is 0 Å². The van der Waals surface area contributed by atoms with Crippen LogP contribution in [0.2, 0.25) is 0 Å². The first-order chi connectivity index (χ1) is 12.2. The molecule has 4 heteroatoms. The number of aromatic amines is 2. The molecule has 0 fully saturated rings. The lowest BCUT2D eigenvalue weighted by Gasteiger charge is -2.05. The second-order valence-electron chi connectivity index (χ2n) is 6.22. The molecule has 120 valence electrons. The molecule has 0 saturated heterocycles. The first kappa shape index (κ1) is 13.9. The zero-order valence-electron chi connectivity index (χ0n) is 13.3. The van der Waals surface area contributed by atoms with Crippen LogP contribution in [0.25, 0.3) is 43.8 Å². The highest BCUT2D eigenvalue weighted by Crippen LogP contribution is 2.32. The Bertz CT molecular complexity index is 1330. The van der Waals surface area contributed by atoms with Crippen LogP contribution in [0.3, 0.4) is 0 Å². The van der Waals surface area contributed by atoms with Crippen molar-refractivity contribution in [3.8, 4) is 11.1 Å². The monoisotopic (exact) mass is 325 g/mol. The van der Waals surface area contributed by atoms with E-state index < -0.39 is 0 Å². The molecule has 0 aliphatic rings. The molecule has 0 spiro atoms. The van der Waals surface area contributed by atoms with E-state index in [0.29, 0.717) is 5.39 Å². The average molecular weight is 325 g/mol. The third-order valence-electron chi connectivity index (χ3n) is 4.74. The number of hydrogen-bond donors (Lipinski definition) is 3. The highest BCUT2D eigenvalue weighted by atomic mass is 16.1. The summed E-state index contributed by atoms with van der Waals surface area (Å²) in [5.74, 6) is 0. The maximum atomic E-state index is 12.7. The number of nitrogen functional groups attached to an aromatic ring is 1. The second kappa shape index (κ2) is 4.98. The topological polar surface area (TPSA) is 74.7 Å². The van der Waals surface area contributed by atoms with Gasteiger partial charge in [0.2, 0.25) is 0 Å². The third-order valence-corrected chi connectivity index (χ3v) is 4.74. The molecule has 0 amide bonds. The summed E-state index contributed by atoms with van der Waals surface area (Å²) in [5, 5.41) is 2.60. The highest BCUT2D eigenvalue weighted by Gasteiger charge is 2.13. The van der Waals surface area contributed by atoms with Crippen LogP contribution in [0.4, 0.5) is 5.69 Å². The molecule has 0 radical (unpaired) electrons. The Kier molecular flexibility index (Phi) is 2.76. The second-order valence-corrected chi connectivity index (χ2v) is 6.22. The van der Waals surface area contributed by atoms with Crippen molar-refractivity contribution in [1.82, 2.24) is 9.97 Å². The van der Waals surface area contributed by atoms with Crippen molar-refractivity contribution in [2.75, 3.05) is 5.73 Å². The summed E-state index contributed by atoms with van der Waals surface area (Å²) in [7, 11) is 0. The molecule has 25 heavy (non-hydrogen) atoms. The molecule has 0 bridgehead atoms. The van der Waals surface area contributed by atoms with Crippen LogP contribution < -0.4 is 11.3 Å². The maximum absolute atomic E-state index is 12.7. The van der Waals surface area contributed by atoms with Crippen LogP contribution in [0.5, 0.6) is 0 Å². The number of nitrogens with one attached hydrogen (secondary N) is 2. The minimum Gasteiger partial charge on any atom is -0.398 e. The van der Waals surface area contributed by atoms with E-state index in [2.05, 4.69) is 9.97 Å². The van der Waals surface area contributed by atoms with E-state index in [1.54, 1.807) is 0 Å². The summed E-state index contributed by atoms with van der Waals surface area (Å²) >= 11 is 0. The van der Waals surface area contributed by atoms with Gasteiger partial charge in [0.15, 0.2) is 0 Å². The van der Waals surface area contributed by atoms with Gasteiger partial charge in [0.05, 0.1) is 16.4 Å². The van der Waals surface area contributed by atoms with Gasteiger partial charge in [-0.1, -0.05) is 42.5 Å². The van der Waals surface area contributed by atoms with Gasteiger partial charge in [-0.2, -0.15) is 0 Å². The number of rotatable bonds is 1. The number of para-hydroxylation sites is 2. The SMILES string of the molecule is Nc1ccccc1-c1ccc2[nH]c3c4ccccc4[nH]c(=O)c3c2c1. The predicted molar refractivity (Wildman–Crippen MR) is 104 cm³/mol. The number of benzene rings is 3. The highest BCUT2D eigenvalue weighted by molar-refractivity contribution is 6.16. The van der Waals surface area contributed by atoms with E-state index in [0.717, 1.165) is 44.1 Å². The Morgan fingerprint density at radius 3 is 2.40 bits per heavy atom. The third kappa shape index (κ3) is 1.97. The van der Waals surface area contributed by atoms with Gasteiger partial charge in [0.1, 0.15) is 0 Å². The normalized spacial score (nSPS) is 11.5. The Balaban J connectivity index is 1.91. The van der Waals surface area contributed by atoms with Gasteiger partial charge in [-0.25, -0.2) is 0 Å². The van der Waals surface area contributed by atoms with Crippen molar-refractivity contribution >= 4 is 38.4 Å². The smallest absolute Gasteiger partial charge is 0.258 e. The lowest BCUT2D eigenvalue weighted by Crippen LogP contribution is -2.05. The summed E-state index contributed by atoms with van der Waals surface area (Å²) in [6.45, 7) is 0. The van der Waals surface area contributed by atoms with Crippen LogP contribution in [-0.4, -0.2) is 9.97 Å². The zero-order chi connectivity index (χ0) is 17.0. The Morgan fingerprint density at radius 2 is 1.52 bits per heavy atom. The molecular weight excluding hydrogens is 310 g/mol. The van der Waals surface area contributed by atoms with Crippen molar-refractivity contribution in [3.05, 3.63) is 77.1 Å². The lowest BCUT2D eigenvalue weighted by atomic mass is 10.0. The fourth-order valence-electron chi connectivity index (χ4n) is 3.55. The van der Waals surface area contributed by atoms with E-state index in [-0.39, 0.29) is 5.56 Å². The Labute approximate surface area is 142 Å². The largest absolute Gasteiger partial charge is 0.398 e. The van der Waals surface area contributed by atoms with Crippen molar-refractivity contribution in [2.24, 2.45) is 0 Å². The van der Waals surface area contributed by atoms with Crippen LogP contribution in [0.1, 0.15) is 0 Å². The standard InChI is InChI=1S/C21H15N3O/c22-16-7-3-1-5-13(16)12-9-10-18-15(11-12)19-20(23-18)14-6-2-4-8-17(14)24-21(19)25/h1-11,23H,22H2,(H,24,25). The molecule has 5 aromatic rings. The Morgan fingerprint density at radius 1 is 0.760 bits per heavy atom. The number of pyridine rings is 1. The molecule has 4 nitrogen and oxygen atoms in total. The van der Waals surface area contributed by atoms with Gasteiger partial charge in [-0.15, -0.1) is 0 Å². The number of anilines is 1. The molecular formula is C21H15N3O. The molecule has 2 heterocycles. The number of hydrogen-bond acceptors (Lipinski definition) is 2. The molecule has 0 aliphatic carbocycles. The van der Waals surface area contributed by atoms with Gasteiger partial charge < -0.3 is 15.7 Å². The minimum absolute atomic E-state index is 0.0851. The van der Waals surface area contributed by atoms with E-state index >= 15 is 0 Å². The quantitative estimate of drug-likeness (QED) is 0.399. The van der Waals surface area contributed by atoms with Gasteiger partial charge in [-0.3, -0.25) is 4.79 Å². The van der Waals surface area contributed by atoms with Gasteiger partial charge in [-0.05, 0) is 29.8 Å². The fourth-order valence-corrected chi connectivity index (χ4v) is 3.55. The fraction of sp³-hybridized carbons (Fsp3) is 0.